The third-order valence-electron chi connectivity index (χ3n) is 6.86. The standard InChI is InChI=1S/C38H28N6O2/c45-38(46-36-26-24-35(25-27-36)44-41-32-14-8-3-9-15-32)37(28-16-20-33(21-17-28)42-39-30-10-4-1-5-11-30)29-18-22-34(23-19-29)43-40-31-12-6-2-7-13-31/h1-27,37H/b42-39+,43-40+,44-41+. The van der Waals surface area contributed by atoms with Gasteiger partial charge in [0.2, 0.25) is 0 Å². The summed E-state index contributed by atoms with van der Waals surface area (Å²) in [6.07, 6.45) is 0. The van der Waals surface area contributed by atoms with E-state index in [-0.39, 0.29) is 0 Å². The highest BCUT2D eigenvalue weighted by atomic mass is 16.5. The second-order valence-corrected chi connectivity index (χ2v) is 10.1. The molecule has 0 radical (unpaired) electrons. The maximum absolute atomic E-state index is 13.8. The second-order valence-electron chi connectivity index (χ2n) is 10.1. The first kappa shape index (κ1) is 29.7. The summed E-state index contributed by atoms with van der Waals surface area (Å²) in [5.41, 5.74) is 5.72. The van der Waals surface area contributed by atoms with E-state index in [9.17, 15) is 4.79 Å². The van der Waals surface area contributed by atoms with Crippen LogP contribution in [-0.4, -0.2) is 5.97 Å². The Bertz CT molecular complexity index is 1850. The van der Waals surface area contributed by atoms with Gasteiger partial charge in [-0.2, -0.15) is 30.7 Å². The van der Waals surface area contributed by atoms with Gasteiger partial charge in [0.25, 0.3) is 0 Å². The molecule has 6 aromatic carbocycles. The molecule has 0 atom stereocenters. The van der Waals surface area contributed by atoms with Gasteiger partial charge in [-0.1, -0.05) is 78.9 Å². The summed E-state index contributed by atoms with van der Waals surface area (Å²) >= 11 is 0. The van der Waals surface area contributed by atoms with Crippen molar-refractivity contribution < 1.29 is 9.53 Å². The first-order chi connectivity index (χ1) is 22.7. The van der Waals surface area contributed by atoms with Crippen LogP contribution in [0.1, 0.15) is 17.0 Å². The number of nitrogens with zero attached hydrogens (tertiary/aromatic N) is 6. The lowest BCUT2D eigenvalue weighted by molar-refractivity contribution is -0.135. The van der Waals surface area contributed by atoms with Crippen molar-refractivity contribution in [2.45, 2.75) is 5.92 Å². The molecule has 0 bridgehead atoms. The molecule has 8 heteroatoms. The highest BCUT2D eigenvalue weighted by molar-refractivity contribution is 5.84. The van der Waals surface area contributed by atoms with Crippen molar-refractivity contribution in [3.05, 3.63) is 175 Å². The van der Waals surface area contributed by atoms with Crippen LogP contribution >= 0.6 is 0 Å². The molecule has 46 heavy (non-hydrogen) atoms. The molecule has 0 spiro atoms. The summed E-state index contributed by atoms with van der Waals surface area (Å²) in [6.45, 7) is 0. The van der Waals surface area contributed by atoms with Crippen molar-refractivity contribution in [2.75, 3.05) is 0 Å². The molecule has 0 aliphatic carbocycles. The van der Waals surface area contributed by atoms with Crippen LogP contribution in [0.3, 0.4) is 0 Å². The zero-order valence-electron chi connectivity index (χ0n) is 24.7. The van der Waals surface area contributed by atoms with E-state index >= 15 is 0 Å². The molecule has 0 saturated heterocycles. The van der Waals surface area contributed by atoms with Gasteiger partial charge in [0.1, 0.15) is 11.7 Å². The summed E-state index contributed by atoms with van der Waals surface area (Å²) in [6, 6.07) is 50.2. The lowest BCUT2D eigenvalue weighted by Crippen LogP contribution is -2.20. The van der Waals surface area contributed by atoms with E-state index in [1.54, 1.807) is 24.3 Å². The number of hydrogen-bond acceptors (Lipinski definition) is 8. The maximum Gasteiger partial charge on any atom is 0.323 e. The molecule has 0 N–H and O–H groups in total. The Kier molecular flexibility index (Phi) is 9.57. The van der Waals surface area contributed by atoms with Crippen LogP contribution in [0.2, 0.25) is 0 Å². The van der Waals surface area contributed by atoms with E-state index in [0.29, 0.717) is 22.8 Å². The van der Waals surface area contributed by atoms with Crippen LogP contribution in [0.4, 0.5) is 34.1 Å². The molecule has 0 unspecified atom stereocenters. The molecule has 0 amide bonds. The van der Waals surface area contributed by atoms with Gasteiger partial charge in [-0.25, -0.2) is 0 Å². The van der Waals surface area contributed by atoms with Crippen molar-refractivity contribution >= 4 is 40.1 Å². The first-order valence-corrected chi connectivity index (χ1v) is 14.6. The number of hydrogen-bond donors (Lipinski definition) is 0. The minimum atomic E-state index is -0.710. The number of carbonyl (C=O) groups excluding carboxylic acids is 1. The smallest absolute Gasteiger partial charge is 0.323 e. The van der Waals surface area contributed by atoms with Crippen LogP contribution < -0.4 is 4.74 Å². The van der Waals surface area contributed by atoms with Crippen molar-refractivity contribution in [3.63, 3.8) is 0 Å². The van der Waals surface area contributed by atoms with Crippen molar-refractivity contribution in [3.8, 4) is 5.75 Å². The molecular weight excluding hydrogens is 572 g/mol. The summed E-state index contributed by atoms with van der Waals surface area (Å²) in [7, 11) is 0. The predicted octanol–water partition coefficient (Wildman–Crippen LogP) is 11.7. The third kappa shape index (κ3) is 8.15. The van der Waals surface area contributed by atoms with Gasteiger partial charge < -0.3 is 4.74 Å². The Morgan fingerprint density at radius 3 is 0.978 bits per heavy atom. The number of benzene rings is 6. The molecule has 0 aromatic heterocycles. The topological polar surface area (TPSA) is 100 Å². The number of ether oxygens (including phenoxy) is 1. The summed E-state index contributed by atoms with van der Waals surface area (Å²) in [4.78, 5) is 13.8. The Morgan fingerprint density at radius 1 is 0.370 bits per heavy atom. The molecule has 6 aromatic rings. The highest BCUT2D eigenvalue weighted by Crippen LogP contribution is 2.31. The third-order valence-corrected chi connectivity index (χ3v) is 6.86. The van der Waals surface area contributed by atoms with E-state index in [1.165, 1.54) is 0 Å². The van der Waals surface area contributed by atoms with Gasteiger partial charge in [0, 0.05) is 0 Å². The van der Waals surface area contributed by atoms with E-state index in [0.717, 1.165) is 28.2 Å². The normalized spacial score (nSPS) is 11.5. The quantitative estimate of drug-likeness (QED) is 0.0887. The average molecular weight is 601 g/mol. The van der Waals surface area contributed by atoms with Crippen LogP contribution in [0, 0.1) is 0 Å². The molecule has 0 aliphatic heterocycles. The highest BCUT2D eigenvalue weighted by Gasteiger charge is 2.25. The van der Waals surface area contributed by atoms with Gasteiger partial charge in [-0.05, 0) is 96.1 Å². The lowest BCUT2D eigenvalue weighted by Gasteiger charge is -2.17. The van der Waals surface area contributed by atoms with Crippen molar-refractivity contribution in [1.82, 2.24) is 0 Å². The summed E-state index contributed by atoms with van der Waals surface area (Å²) in [5, 5.41) is 25.7. The number of rotatable bonds is 10. The summed E-state index contributed by atoms with van der Waals surface area (Å²) < 4.78 is 5.88. The van der Waals surface area contributed by atoms with Crippen LogP contribution in [-0.2, 0) is 4.79 Å². The molecular formula is C38H28N6O2. The fraction of sp³-hybridized carbons (Fsp3) is 0.0263. The Balaban J connectivity index is 1.22. The monoisotopic (exact) mass is 600 g/mol. The zero-order chi connectivity index (χ0) is 31.4. The van der Waals surface area contributed by atoms with Gasteiger partial charge in [0.15, 0.2) is 0 Å². The van der Waals surface area contributed by atoms with Crippen LogP contribution in [0.15, 0.2) is 194 Å². The van der Waals surface area contributed by atoms with E-state index in [1.807, 2.05) is 140 Å². The average Bonchev–Trinajstić information content (AvgIpc) is 3.12. The maximum atomic E-state index is 13.8. The first-order valence-electron chi connectivity index (χ1n) is 14.6. The number of azo groups is 3. The molecule has 6 rings (SSSR count). The van der Waals surface area contributed by atoms with E-state index in [4.69, 9.17) is 4.74 Å². The SMILES string of the molecule is O=C(Oc1ccc(/N=N/c2ccccc2)cc1)C(c1ccc(/N=N/c2ccccc2)cc1)c1ccc(/N=N/c2ccccc2)cc1. The van der Waals surface area contributed by atoms with Gasteiger partial charge in [-0.3, -0.25) is 4.79 Å². The number of esters is 1. The van der Waals surface area contributed by atoms with E-state index < -0.39 is 11.9 Å². The molecule has 0 saturated carbocycles. The molecule has 0 aliphatic rings. The molecule has 8 nitrogen and oxygen atoms in total. The Labute approximate surface area is 266 Å². The van der Waals surface area contributed by atoms with Gasteiger partial charge in [-0.15, -0.1) is 0 Å². The van der Waals surface area contributed by atoms with E-state index in [2.05, 4.69) is 30.7 Å². The van der Waals surface area contributed by atoms with Gasteiger partial charge >= 0.3 is 5.97 Å². The molecule has 0 fully saturated rings. The van der Waals surface area contributed by atoms with Crippen LogP contribution in [0.25, 0.3) is 0 Å². The van der Waals surface area contributed by atoms with Crippen molar-refractivity contribution in [1.29, 1.82) is 0 Å². The fourth-order valence-electron chi connectivity index (χ4n) is 4.52. The summed E-state index contributed by atoms with van der Waals surface area (Å²) in [5.74, 6) is -0.746. The Morgan fingerprint density at radius 2 is 0.652 bits per heavy atom. The largest absolute Gasteiger partial charge is 0.426 e. The minimum absolute atomic E-state index is 0.398. The van der Waals surface area contributed by atoms with Gasteiger partial charge in [0.05, 0.1) is 34.1 Å². The molecule has 0 heterocycles. The predicted molar refractivity (Wildman–Crippen MR) is 179 cm³/mol. The lowest BCUT2D eigenvalue weighted by atomic mass is 9.91. The zero-order valence-corrected chi connectivity index (χ0v) is 24.7. The molecule has 222 valence electrons. The fourth-order valence-corrected chi connectivity index (χ4v) is 4.52. The van der Waals surface area contributed by atoms with Crippen molar-refractivity contribution in [2.24, 2.45) is 30.7 Å². The number of carbonyl (C=O) groups is 1. The second kappa shape index (κ2) is 14.9. The van der Waals surface area contributed by atoms with Crippen LogP contribution in [0.5, 0.6) is 5.75 Å². The minimum Gasteiger partial charge on any atom is -0.426 e. The Hall–Kier alpha value is -6.41.